The number of benzene rings is 1. The molecule has 0 aliphatic carbocycles. The number of carbonyl (C=O) groups is 1. The maximum absolute atomic E-state index is 11.7. The van der Waals surface area contributed by atoms with Gasteiger partial charge in [0.1, 0.15) is 0 Å². The number of nitrogens with one attached hydrogen (secondary N) is 1. The molecule has 0 saturated carbocycles. The first-order valence-corrected chi connectivity index (χ1v) is 6.64. The van der Waals surface area contributed by atoms with E-state index in [2.05, 4.69) is 16.6 Å². The van der Waals surface area contributed by atoms with Crippen molar-refractivity contribution in [1.82, 2.24) is 4.72 Å². The largest absolute Gasteiger partial charge is 0.481 e. The fraction of sp³-hybridized carbons (Fsp3) is 0.250. The Balaban J connectivity index is 2.82. The maximum Gasteiger partial charge on any atom is 0.307 e. The van der Waals surface area contributed by atoms with E-state index in [9.17, 15) is 13.2 Å². The van der Waals surface area contributed by atoms with Gasteiger partial charge in [-0.3, -0.25) is 4.79 Å². The third-order valence-corrected chi connectivity index (χ3v) is 3.53. The summed E-state index contributed by atoms with van der Waals surface area (Å²) < 4.78 is 25.8. The molecule has 0 unspecified atom stereocenters. The lowest BCUT2D eigenvalue weighted by molar-refractivity contribution is -0.136. The molecule has 0 saturated heterocycles. The number of hydrogen-bond acceptors (Lipinski definition) is 3. The average molecular weight is 267 g/mol. The molecule has 1 aromatic rings. The maximum atomic E-state index is 11.7. The molecule has 0 aromatic heterocycles. The van der Waals surface area contributed by atoms with Crippen LogP contribution in [-0.4, -0.2) is 26.0 Å². The quantitative estimate of drug-likeness (QED) is 0.766. The average Bonchev–Trinajstić information content (AvgIpc) is 2.29. The van der Waals surface area contributed by atoms with Crippen LogP contribution >= 0.6 is 0 Å². The van der Waals surface area contributed by atoms with Crippen molar-refractivity contribution >= 4 is 16.0 Å². The van der Waals surface area contributed by atoms with Crippen LogP contribution in [-0.2, 0) is 21.2 Å². The van der Waals surface area contributed by atoms with Crippen molar-refractivity contribution in [3.63, 3.8) is 0 Å². The summed E-state index contributed by atoms with van der Waals surface area (Å²) >= 11 is 0. The fourth-order valence-electron chi connectivity index (χ4n) is 1.26. The molecule has 0 bridgehead atoms. The third-order valence-electron chi connectivity index (χ3n) is 2.12. The zero-order chi connectivity index (χ0) is 13.6. The Morgan fingerprint density at radius 2 is 1.94 bits per heavy atom. The molecular weight excluding hydrogens is 254 g/mol. The van der Waals surface area contributed by atoms with E-state index in [4.69, 9.17) is 5.11 Å². The SMILES string of the molecule is CC#CCNS(=O)(=O)c1ccc(CC(=O)O)cc1. The van der Waals surface area contributed by atoms with Crippen LogP contribution in [0.15, 0.2) is 29.2 Å². The highest BCUT2D eigenvalue weighted by Gasteiger charge is 2.12. The van der Waals surface area contributed by atoms with Gasteiger partial charge in [0, 0.05) is 0 Å². The zero-order valence-corrected chi connectivity index (χ0v) is 10.6. The van der Waals surface area contributed by atoms with Gasteiger partial charge < -0.3 is 5.11 Å². The van der Waals surface area contributed by atoms with Crippen LogP contribution in [0.2, 0.25) is 0 Å². The van der Waals surface area contributed by atoms with Gasteiger partial charge in [0.05, 0.1) is 17.9 Å². The molecule has 18 heavy (non-hydrogen) atoms. The number of carboxylic acid groups (broad SMARTS) is 1. The van der Waals surface area contributed by atoms with E-state index in [1.165, 1.54) is 24.3 Å². The Kier molecular flexibility index (Phi) is 4.89. The molecule has 0 radical (unpaired) electrons. The van der Waals surface area contributed by atoms with Crippen LogP contribution < -0.4 is 4.72 Å². The second kappa shape index (κ2) is 6.19. The van der Waals surface area contributed by atoms with E-state index >= 15 is 0 Å². The van der Waals surface area contributed by atoms with Crippen LogP contribution in [0.4, 0.5) is 0 Å². The van der Waals surface area contributed by atoms with Crippen LogP contribution in [0, 0.1) is 11.8 Å². The van der Waals surface area contributed by atoms with Crippen LogP contribution in [0.25, 0.3) is 0 Å². The third kappa shape index (κ3) is 4.20. The van der Waals surface area contributed by atoms with E-state index in [0.717, 1.165) is 0 Å². The molecule has 1 aromatic carbocycles. The predicted molar refractivity (Wildman–Crippen MR) is 66.4 cm³/mol. The molecule has 5 nitrogen and oxygen atoms in total. The summed E-state index contributed by atoms with van der Waals surface area (Å²) in [4.78, 5) is 10.6. The van der Waals surface area contributed by atoms with Crippen LogP contribution in [0.1, 0.15) is 12.5 Å². The molecule has 0 amide bonds. The molecule has 2 N–H and O–H groups in total. The Morgan fingerprint density at radius 3 is 2.44 bits per heavy atom. The number of aliphatic carboxylic acids is 1. The van der Waals surface area contributed by atoms with E-state index < -0.39 is 16.0 Å². The minimum Gasteiger partial charge on any atom is -0.481 e. The van der Waals surface area contributed by atoms with Gasteiger partial charge in [-0.25, -0.2) is 8.42 Å². The Labute approximate surface area is 106 Å². The minimum atomic E-state index is -3.58. The van der Waals surface area contributed by atoms with Gasteiger partial charge in [-0.2, -0.15) is 4.72 Å². The lowest BCUT2D eigenvalue weighted by atomic mass is 10.2. The normalized spacial score (nSPS) is 10.5. The highest BCUT2D eigenvalue weighted by molar-refractivity contribution is 7.89. The number of carboxylic acids is 1. The summed E-state index contributed by atoms with van der Waals surface area (Å²) in [6, 6.07) is 5.71. The monoisotopic (exact) mass is 267 g/mol. The van der Waals surface area contributed by atoms with Crippen molar-refractivity contribution in [3.05, 3.63) is 29.8 Å². The smallest absolute Gasteiger partial charge is 0.307 e. The first-order chi connectivity index (χ1) is 8.45. The van der Waals surface area contributed by atoms with Crippen molar-refractivity contribution in [2.45, 2.75) is 18.2 Å². The van der Waals surface area contributed by atoms with E-state index in [0.29, 0.717) is 5.56 Å². The van der Waals surface area contributed by atoms with Gasteiger partial charge in [-0.05, 0) is 24.6 Å². The minimum absolute atomic E-state index is 0.0513. The second-order valence-electron chi connectivity index (χ2n) is 3.47. The highest BCUT2D eigenvalue weighted by atomic mass is 32.2. The Hall–Kier alpha value is -1.84. The molecule has 1 rings (SSSR count). The number of sulfonamides is 1. The fourth-order valence-corrected chi connectivity index (χ4v) is 2.19. The van der Waals surface area contributed by atoms with Crippen molar-refractivity contribution in [1.29, 1.82) is 0 Å². The van der Waals surface area contributed by atoms with Crippen molar-refractivity contribution in [2.75, 3.05) is 6.54 Å². The van der Waals surface area contributed by atoms with E-state index in [-0.39, 0.29) is 17.9 Å². The zero-order valence-electron chi connectivity index (χ0n) is 9.80. The van der Waals surface area contributed by atoms with Gasteiger partial charge in [-0.15, -0.1) is 5.92 Å². The second-order valence-corrected chi connectivity index (χ2v) is 5.23. The van der Waals surface area contributed by atoms with Gasteiger partial charge >= 0.3 is 5.97 Å². The summed E-state index contributed by atoms with van der Waals surface area (Å²) in [5, 5.41) is 8.59. The summed E-state index contributed by atoms with van der Waals surface area (Å²) in [5.41, 5.74) is 0.551. The van der Waals surface area contributed by atoms with Crippen LogP contribution in [0.5, 0.6) is 0 Å². The van der Waals surface area contributed by atoms with Gasteiger partial charge in [-0.1, -0.05) is 18.1 Å². The van der Waals surface area contributed by atoms with Crippen molar-refractivity contribution in [2.24, 2.45) is 0 Å². The number of hydrogen-bond donors (Lipinski definition) is 2. The highest BCUT2D eigenvalue weighted by Crippen LogP contribution is 2.10. The summed E-state index contributed by atoms with van der Waals surface area (Å²) in [7, 11) is -3.58. The van der Waals surface area contributed by atoms with Gasteiger partial charge in [0.25, 0.3) is 0 Å². The van der Waals surface area contributed by atoms with E-state index in [1.54, 1.807) is 6.92 Å². The molecule has 96 valence electrons. The molecular formula is C12H13NO4S. The number of rotatable bonds is 5. The first-order valence-electron chi connectivity index (χ1n) is 5.15. The summed E-state index contributed by atoms with van der Waals surface area (Å²) in [6.07, 6.45) is -0.130. The molecule has 0 spiro atoms. The lowest BCUT2D eigenvalue weighted by Crippen LogP contribution is -2.23. The predicted octanol–water partition coefficient (Wildman–Crippen LogP) is 0.615. The Morgan fingerprint density at radius 1 is 1.33 bits per heavy atom. The van der Waals surface area contributed by atoms with Crippen molar-refractivity contribution in [3.8, 4) is 11.8 Å². The van der Waals surface area contributed by atoms with E-state index in [1.807, 2.05) is 0 Å². The molecule has 6 heteroatoms. The molecule has 0 atom stereocenters. The molecule has 0 aliphatic heterocycles. The van der Waals surface area contributed by atoms with Gasteiger partial charge in [0.2, 0.25) is 10.0 Å². The van der Waals surface area contributed by atoms with Crippen molar-refractivity contribution < 1.29 is 18.3 Å². The molecule has 0 heterocycles. The van der Waals surface area contributed by atoms with Crippen LogP contribution in [0.3, 0.4) is 0 Å². The first kappa shape index (κ1) is 14.2. The molecule has 0 aliphatic rings. The topological polar surface area (TPSA) is 83.5 Å². The summed E-state index contributed by atoms with van der Waals surface area (Å²) in [6.45, 7) is 1.67. The lowest BCUT2D eigenvalue weighted by Gasteiger charge is -2.04. The van der Waals surface area contributed by atoms with Gasteiger partial charge in [0.15, 0.2) is 0 Å². The standard InChI is InChI=1S/C12H13NO4S/c1-2-3-8-13-18(16,17)11-6-4-10(5-7-11)9-12(14)15/h4-7,13H,8-9H2,1H3,(H,14,15). The summed E-state index contributed by atoms with van der Waals surface area (Å²) in [5.74, 6) is 4.22. The Bertz CT molecular complexity index is 579. The molecule has 0 fully saturated rings.